The Labute approximate surface area is 103 Å². The average molecular weight is 259 g/mol. The van der Waals surface area contributed by atoms with Crippen LogP contribution < -0.4 is 0 Å². The predicted molar refractivity (Wildman–Crippen MR) is 67.1 cm³/mol. The smallest absolute Gasteiger partial charge is 0.246 e. The van der Waals surface area contributed by atoms with Gasteiger partial charge in [0.15, 0.2) is 0 Å². The molecule has 1 rings (SSSR count). The van der Waals surface area contributed by atoms with Crippen LogP contribution in [0.2, 0.25) is 0 Å². The molecule has 0 saturated carbocycles. The van der Waals surface area contributed by atoms with Crippen LogP contribution >= 0.6 is 0 Å². The molecule has 0 radical (unpaired) electrons. The molecule has 0 saturated heterocycles. The van der Waals surface area contributed by atoms with Crippen LogP contribution in [-0.4, -0.2) is 35.5 Å². The zero-order valence-corrected chi connectivity index (χ0v) is 11.5. The monoisotopic (exact) mass is 259 g/mol. The van der Waals surface area contributed by atoms with Crippen molar-refractivity contribution in [1.82, 2.24) is 14.5 Å². The van der Waals surface area contributed by atoms with E-state index in [1.807, 2.05) is 13.8 Å². The highest BCUT2D eigenvalue weighted by Crippen LogP contribution is 2.17. The Morgan fingerprint density at radius 2 is 2.12 bits per heavy atom. The van der Waals surface area contributed by atoms with E-state index in [-0.39, 0.29) is 10.9 Å². The summed E-state index contributed by atoms with van der Waals surface area (Å²) < 4.78 is 26.1. The molecule has 6 heteroatoms. The van der Waals surface area contributed by atoms with E-state index in [0.29, 0.717) is 6.54 Å². The number of nitrogens with one attached hydrogen (secondary N) is 1. The van der Waals surface area contributed by atoms with Gasteiger partial charge in [-0.05, 0) is 20.3 Å². The third-order valence-electron chi connectivity index (χ3n) is 2.64. The van der Waals surface area contributed by atoms with E-state index in [9.17, 15) is 8.42 Å². The van der Waals surface area contributed by atoms with Crippen LogP contribution in [0, 0.1) is 0 Å². The SMILES string of the molecule is CCCCCN(C(C)C)S(=O)(=O)c1cn[nH]c1. The van der Waals surface area contributed by atoms with Gasteiger partial charge in [0.05, 0.1) is 6.20 Å². The predicted octanol–water partition coefficient (Wildman–Crippen LogP) is 2.00. The van der Waals surface area contributed by atoms with Gasteiger partial charge in [-0.3, -0.25) is 5.10 Å². The lowest BCUT2D eigenvalue weighted by molar-refractivity contribution is 0.345. The Bertz CT molecular complexity index is 412. The largest absolute Gasteiger partial charge is 0.284 e. The quantitative estimate of drug-likeness (QED) is 0.762. The maximum absolute atomic E-state index is 12.3. The van der Waals surface area contributed by atoms with E-state index in [4.69, 9.17) is 0 Å². The van der Waals surface area contributed by atoms with Crippen LogP contribution in [0.4, 0.5) is 0 Å². The van der Waals surface area contributed by atoms with Crippen molar-refractivity contribution in [3.8, 4) is 0 Å². The Morgan fingerprint density at radius 3 is 2.59 bits per heavy atom. The van der Waals surface area contributed by atoms with Gasteiger partial charge in [0.1, 0.15) is 4.90 Å². The molecule has 5 nitrogen and oxygen atoms in total. The molecule has 0 aliphatic carbocycles. The summed E-state index contributed by atoms with van der Waals surface area (Å²) in [5, 5.41) is 6.24. The van der Waals surface area contributed by atoms with Crippen molar-refractivity contribution in [2.45, 2.75) is 51.0 Å². The van der Waals surface area contributed by atoms with E-state index in [1.54, 1.807) is 0 Å². The first-order valence-electron chi connectivity index (χ1n) is 6.00. The van der Waals surface area contributed by atoms with Crippen molar-refractivity contribution in [3.05, 3.63) is 12.4 Å². The molecule has 0 atom stereocenters. The number of sulfonamides is 1. The van der Waals surface area contributed by atoms with E-state index in [1.165, 1.54) is 16.7 Å². The highest BCUT2D eigenvalue weighted by Gasteiger charge is 2.27. The van der Waals surface area contributed by atoms with Crippen molar-refractivity contribution >= 4 is 10.0 Å². The summed E-state index contributed by atoms with van der Waals surface area (Å²) in [6, 6.07) is -0.0354. The molecule has 0 spiro atoms. The summed E-state index contributed by atoms with van der Waals surface area (Å²) in [7, 11) is -3.40. The zero-order chi connectivity index (χ0) is 12.9. The van der Waals surface area contributed by atoms with E-state index in [0.717, 1.165) is 19.3 Å². The van der Waals surface area contributed by atoms with Crippen LogP contribution in [-0.2, 0) is 10.0 Å². The zero-order valence-electron chi connectivity index (χ0n) is 10.7. The summed E-state index contributed by atoms with van der Waals surface area (Å²) >= 11 is 0. The van der Waals surface area contributed by atoms with Gasteiger partial charge >= 0.3 is 0 Å². The van der Waals surface area contributed by atoms with Gasteiger partial charge in [0, 0.05) is 18.8 Å². The Hall–Kier alpha value is -0.880. The highest BCUT2D eigenvalue weighted by atomic mass is 32.2. The molecule has 0 aliphatic rings. The fraction of sp³-hybridized carbons (Fsp3) is 0.727. The van der Waals surface area contributed by atoms with Gasteiger partial charge in [-0.2, -0.15) is 9.40 Å². The van der Waals surface area contributed by atoms with Crippen molar-refractivity contribution in [2.24, 2.45) is 0 Å². The topological polar surface area (TPSA) is 66.1 Å². The maximum atomic E-state index is 12.3. The summed E-state index contributed by atoms with van der Waals surface area (Å²) in [5.41, 5.74) is 0. The fourth-order valence-corrected chi connectivity index (χ4v) is 3.27. The minimum absolute atomic E-state index is 0.0354. The Balaban J connectivity index is 2.83. The second-order valence-electron chi connectivity index (χ2n) is 4.35. The van der Waals surface area contributed by atoms with Crippen molar-refractivity contribution in [2.75, 3.05) is 6.54 Å². The number of H-pyrrole nitrogens is 1. The molecule has 0 aromatic carbocycles. The van der Waals surface area contributed by atoms with Gasteiger partial charge in [-0.1, -0.05) is 19.8 Å². The highest BCUT2D eigenvalue weighted by molar-refractivity contribution is 7.89. The third kappa shape index (κ3) is 3.54. The summed E-state index contributed by atoms with van der Waals surface area (Å²) in [6.45, 7) is 6.45. The minimum Gasteiger partial charge on any atom is -0.284 e. The Morgan fingerprint density at radius 1 is 1.41 bits per heavy atom. The normalized spacial score (nSPS) is 12.5. The standard InChI is InChI=1S/C11H21N3O2S/c1-4-5-6-7-14(10(2)3)17(15,16)11-8-12-13-9-11/h8-10H,4-7H2,1-3H3,(H,12,13). The summed E-state index contributed by atoms with van der Waals surface area (Å²) in [6.07, 6.45) is 5.79. The van der Waals surface area contributed by atoms with Crippen LogP contribution in [0.3, 0.4) is 0 Å². The summed E-state index contributed by atoms with van der Waals surface area (Å²) in [5.74, 6) is 0. The molecule has 1 N–H and O–H groups in total. The van der Waals surface area contributed by atoms with Crippen molar-refractivity contribution in [1.29, 1.82) is 0 Å². The second-order valence-corrected chi connectivity index (χ2v) is 6.24. The summed E-state index contributed by atoms with van der Waals surface area (Å²) in [4.78, 5) is 0.239. The molecule has 17 heavy (non-hydrogen) atoms. The molecule has 0 bridgehead atoms. The minimum atomic E-state index is -3.40. The molecule has 1 heterocycles. The molecule has 1 aromatic rings. The molecule has 98 valence electrons. The lowest BCUT2D eigenvalue weighted by Gasteiger charge is -2.25. The number of hydrogen-bond acceptors (Lipinski definition) is 3. The van der Waals surface area contributed by atoms with Crippen LogP contribution in [0.15, 0.2) is 17.3 Å². The molecule has 0 aliphatic heterocycles. The molecule has 0 fully saturated rings. The van der Waals surface area contributed by atoms with Crippen molar-refractivity contribution < 1.29 is 8.42 Å². The number of unbranched alkanes of at least 4 members (excludes halogenated alkanes) is 2. The number of aromatic nitrogens is 2. The maximum Gasteiger partial charge on any atom is 0.246 e. The van der Waals surface area contributed by atoms with Crippen LogP contribution in [0.1, 0.15) is 40.0 Å². The third-order valence-corrected chi connectivity index (χ3v) is 4.68. The fourth-order valence-electron chi connectivity index (χ4n) is 1.69. The van der Waals surface area contributed by atoms with Gasteiger partial charge < -0.3 is 0 Å². The van der Waals surface area contributed by atoms with Gasteiger partial charge in [-0.25, -0.2) is 8.42 Å². The van der Waals surface area contributed by atoms with Gasteiger partial charge in [0.2, 0.25) is 10.0 Å². The molecule has 0 amide bonds. The molecule has 1 aromatic heterocycles. The number of hydrogen-bond donors (Lipinski definition) is 1. The lowest BCUT2D eigenvalue weighted by atomic mass is 10.2. The average Bonchev–Trinajstić information content (AvgIpc) is 2.77. The Kier molecular flexibility index (Phi) is 5.14. The second kappa shape index (κ2) is 6.16. The molecular formula is C11H21N3O2S. The van der Waals surface area contributed by atoms with Gasteiger partial charge in [0.25, 0.3) is 0 Å². The first-order chi connectivity index (χ1) is 8.00. The van der Waals surface area contributed by atoms with E-state index >= 15 is 0 Å². The van der Waals surface area contributed by atoms with Crippen molar-refractivity contribution in [3.63, 3.8) is 0 Å². The first kappa shape index (κ1) is 14.2. The van der Waals surface area contributed by atoms with Crippen LogP contribution in [0.25, 0.3) is 0 Å². The molecule has 0 unspecified atom stereocenters. The number of rotatable bonds is 7. The first-order valence-corrected chi connectivity index (χ1v) is 7.44. The number of aromatic amines is 1. The van der Waals surface area contributed by atoms with Crippen LogP contribution in [0.5, 0.6) is 0 Å². The lowest BCUT2D eigenvalue weighted by Crippen LogP contribution is -2.37. The van der Waals surface area contributed by atoms with E-state index < -0.39 is 10.0 Å². The molecular weight excluding hydrogens is 238 g/mol. The van der Waals surface area contributed by atoms with Gasteiger partial charge in [-0.15, -0.1) is 0 Å². The van der Waals surface area contributed by atoms with E-state index in [2.05, 4.69) is 17.1 Å². The number of nitrogens with zero attached hydrogens (tertiary/aromatic N) is 2.